The van der Waals surface area contributed by atoms with Gasteiger partial charge in [-0.1, -0.05) is 56.9 Å². The Morgan fingerprint density at radius 3 is 1.78 bits per heavy atom. The van der Waals surface area contributed by atoms with Crippen molar-refractivity contribution in [3.8, 4) is 0 Å². The summed E-state index contributed by atoms with van der Waals surface area (Å²) in [5.41, 5.74) is 0. The molecule has 0 aromatic carbocycles. The van der Waals surface area contributed by atoms with E-state index >= 15 is 0 Å². The quantitative estimate of drug-likeness (QED) is 0.226. The Hall–Kier alpha value is -0.0900. The van der Waals surface area contributed by atoms with Gasteiger partial charge in [0.05, 0.1) is 6.16 Å². The molecule has 0 amide bonds. The maximum atomic E-state index is 3.67. The normalized spacial score (nSPS) is 12.2. The van der Waals surface area contributed by atoms with Gasteiger partial charge in [0, 0.05) is 27.3 Å². The van der Waals surface area contributed by atoms with Crippen molar-refractivity contribution in [2.24, 2.45) is 0 Å². The van der Waals surface area contributed by atoms with Crippen molar-refractivity contribution in [2.75, 3.05) is 26.2 Å². The number of rotatable bonds is 12. The van der Waals surface area contributed by atoms with Crippen molar-refractivity contribution in [3.05, 3.63) is 24.8 Å². The molecule has 1 heteroatoms. The first-order valence-electron chi connectivity index (χ1n) is 7.64. The Labute approximate surface area is 116 Å². The van der Waals surface area contributed by atoms with E-state index in [9.17, 15) is 0 Å². The minimum atomic E-state index is -0.509. The van der Waals surface area contributed by atoms with E-state index in [2.05, 4.69) is 38.7 Å². The molecule has 0 fully saturated rings. The molecule has 0 radical (unpaired) electrons. The van der Waals surface area contributed by atoms with Crippen LogP contribution in [0.2, 0.25) is 0 Å². The summed E-state index contributed by atoms with van der Waals surface area (Å²) >= 11 is 0. The average Bonchev–Trinajstić information content (AvgIpc) is 2.29. The van der Waals surface area contributed by atoms with E-state index < -0.39 is 7.26 Å². The molecular formula is C17H34P+. The second-order valence-corrected chi connectivity index (χ2v) is 11.3. The molecule has 0 aromatic heterocycles. The minimum Gasteiger partial charge on any atom is -0.0991 e. The number of unbranched alkanes of at least 4 members (excludes halogenated alkanes) is 8. The zero-order valence-electron chi connectivity index (χ0n) is 13.0. The van der Waals surface area contributed by atoms with Gasteiger partial charge >= 0.3 is 0 Å². The van der Waals surface area contributed by atoms with Crippen molar-refractivity contribution in [3.63, 3.8) is 0 Å². The summed E-state index contributed by atoms with van der Waals surface area (Å²) in [5, 5.41) is 0. The summed E-state index contributed by atoms with van der Waals surface area (Å²) in [6, 6.07) is 0. The number of allylic oxidation sites excluding steroid dienone is 3. The van der Waals surface area contributed by atoms with E-state index in [1.54, 1.807) is 0 Å². The second kappa shape index (κ2) is 12.0. The van der Waals surface area contributed by atoms with Gasteiger partial charge in [0.25, 0.3) is 0 Å². The molecule has 18 heavy (non-hydrogen) atoms. The van der Waals surface area contributed by atoms with Crippen LogP contribution in [0, 0.1) is 0 Å². The zero-order chi connectivity index (χ0) is 13.7. The predicted octanol–water partition coefficient (Wildman–Crippen LogP) is 6.15. The summed E-state index contributed by atoms with van der Waals surface area (Å²) in [4.78, 5) is 0. The van der Waals surface area contributed by atoms with Crippen molar-refractivity contribution in [1.29, 1.82) is 0 Å². The van der Waals surface area contributed by atoms with Gasteiger partial charge in [-0.15, -0.1) is 0 Å². The van der Waals surface area contributed by atoms with Crippen LogP contribution in [-0.2, 0) is 0 Å². The number of hydrogen-bond acceptors (Lipinski definition) is 0. The number of hydrogen-bond donors (Lipinski definition) is 0. The van der Waals surface area contributed by atoms with Crippen LogP contribution in [0.1, 0.15) is 57.8 Å². The summed E-state index contributed by atoms with van der Waals surface area (Å²) in [6.45, 7) is 11.0. The summed E-state index contributed by atoms with van der Waals surface area (Å²) < 4.78 is 0. The first-order valence-corrected chi connectivity index (χ1v) is 11.0. The SMILES string of the molecule is C=C/C=C/CCCCCCCCCC[P+](C)(C)C. The van der Waals surface area contributed by atoms with Crippen LogP contribution in [0.15, 0.2) is 24.8 Å². The monoisotopic (exact) mass is 269 g/mol. The predicted molar refractivity (Wildman–Crippen MR) is 90.4 cm³/mol. The lowest BCUT2D eigenvalue weighted by Crippen LogP contribution is -1.92. The maximum Gasteiger partial charge on any atom is 0.0586 e. The average molecular weight is 269 g/mol. The lowest BCUT2D eigenvalue weighted by molar-refractivity contribution is 0.578. The second-order valence-electron chi connectivity index (χ2n) is 6.29. The van der Waals surface area contributed by atoms with Crippen molar-refractivity contribution >= 4 is 7.26 Å². The first kappa shape index (κ1) is 17.9. The molecule has 0 unspecified atom stereocenters. The zero-order valence-corrected chi connectivity index (χ0v) is 13.9. The Morgan fingerprint density at radius 1 is 0.778 bits per heavy atom. The van der Waals surface area contributed by atoms with E-state index in [4.69, 9.17) is 0 Å². The van der Waals surface area contributed by atoms with E-state index in [1.165, 1.54) is 63.9 Å². The van der Waals surface area contributed by atoms with Crippen LogP contribution >= 0.6 is 7.26 Å². The standard InChI is InChI=1S/C17H34P/c1-5-6-7-8-9-10-11-12-13-14-15-16-17-18(2,3)4/h5-7H,1,8-17H2,2-4H3/q+1/b7-6+. The summed E-state index contributed by atoms with van der Waals surface area (Å²) in [5.74, 6) is 0. The molecule has 0 heterocycles. The Morgan fingerprint density at radius 2 is 1.28 bits per heavy atom. The smallest absolute Gasteiger partial charge is 0.0586 e. The van der Waals surface area contributed by atoms with Gasteiger partial charge in [-0.2, -0.15) is 0 Å². The Bertz CT molecular complexity index is 210. The molecule has 0 aliphatic heterocycles. The maximum absolute atomic E-state index is 3.67. The van der Waals surface area contributed by atoms with Gasteiger partial charge in [0.15, 0.2) is 0 Å². The third-order valence-electron chi connectivity index (χ3n) is 3.22. The molecule has 0 rings (SSSR count). The highest BCUT2D eigenvalue weighted by atomic mass is 31.2. The third kappa shape index (κ3) is 15.9. The minimum absolute atomic E-state index is 0.509. The Kier molecular flexibility index (Phi) is 11.9. The first-order chi connectivity index (χ1) is 8.56. The van der Waals surface area contributed by atoms with Crippen LogP contribution in [-0.4, -0.2) is 26.2 Å². The van der Waals surface area contributed by atoms with Gasteiger partial charge < -0.3 is 0 Å². The molecular weight excluding hydrogens is 235 g/mol. The molecule has 0 aromatic rings. The van der Waals surface area contributed by atoms with E-state index in [0.29, 0.717) is 0 Å². The van der Waals surface area contributed by atoms with Gasteiger partial charge in [-0.25, -0.2) is 0 Å². The van der Waals surface area contributed by atoms with Gasteiger partial charge in [0.2, 0.25) is 0 Å². The topological polar surface area (TPSA) is 0 Å². The molecule has 0 spiro atoms. The molecule has 0 N–H and O–H groups in total. The molecule has 0 aliphatic rings. The largest absolute Gasteiger partial charge is 0.0991 e. The molecule has 0 nitrogen and oxygen atoms in total. The molecule has 106 valence electrons. The van der Waals surface area contributed by atoms with Crippen LogP contribution in [0.4, 0.5) is 0 Å². The third-order valence-corrected chi connectivity index (χ3v) is 4.88. The van der Waals surface area contributed by atoms with Gasteiger partial charge in [-0.05, 0) is 25.7 Å². The molecule has 0 saturated carbocycles. The summed E-state index contributed by atoms with van der Waals surface area (Å²) in [7, 11) is -0.509. The van der Waals surface area contributed by atoms with E-state index in [1.807, 2.05) is 6.08 Å². The highest BCUT2D eigenvalue weighted by molar-refractivity contribution is 7.73. The highest BCUT2D eigenvalue weighted by Crippen LogP contribution is 2.47. The molecule has 0 bridgehead atoms. The molecule has 0 saturated heterocycles. The lowest BCUT2D eigenvalue weighted by Gasteiger charge is -2.10. The molecule has 0 aliphatic carbocycles. The highest BCUT2D eigenvalue weighted by Gasteiger charge is 2.15. The van der Waals surface area contributed by atoms with Crippen LogP contribution < -0.4 is 0 Å². The van der Waals surface area contributed by atoms with Crippen molar-refractivity contribution < 1.29 is 0 Å². The van der Waals surface area contributed by atoms with E-state index in [-0.39, 0.29) is 0 Å². The van der Waals surface area contributed by atoms with Gasteiger partial charge in [0.1, 0.15) is 0 Å². The van der Waals surface area contributed by atoms with Crippen LogP contribution in [0.5, 0.6) is 0 Å². The van der Waals surface area contributed by atoms with Gasteiger partial charge in [-0.3, -0.25) is 0 Å². The van der Waals surface area contributed by atoms with Crippen molar-refractivity contribution in [2.45, 2.75) is 57.8 Å². The molecule has 0 atom stereocenters. The van der Waals surface area contributed by atoms with Crippen LogP contribution in [0.25, 0.3) is 0 Å². The fraction of sp³-hybridized carbons (Fsp3) is 0.765. The van der Waals surface area contributed by atoms with E-state index in [0.717, 1.165) is 0 Å². The Balaban J connectivity index is 3.08. The summed E-state index contributed by atoms with van der Waals surface area (Å²) in [6.07, 6.45) is 20.3. The van der Waals surface area contributed by atoms with Crippen molar-refractivity contribution in [1.82, 2.24) is 0 Å². The van der Waals surface area contributed by atoms with Crippen LogP contribution in [0.3, 0.4) is 0 Å². The fourth-order valence-electron chi connectivity index (χ4n) is 2.10. The fourth-order valence-corrected chi connectivity index (χ4v) is 3.27. The lowest BCUT2D eigenvalue weighted by atomic mass is 10.1.